The van der Waals surface area contributed by atoms with E-state index in [1.54, 1.807) is 43.3 Å². The minimum absolute atomic E-state index is 0.0968. The van der Waals surface area contributed by atoms with Gasteiger partial charge in [-0.05, 0) is 56.3 Å². The molecule has 1 fully saturated rings. The van der Waals surface area contributed by atoms with Crippen molar-refractivity contribution in [3.8, 4) is 5.75 Å². The van der Waals surface area contributed by atoms with E-state index in [1.807, 2.05) is 19.1 Å². The van der Waals surface area contributed by atoms with Crippen molar-refractivity contribution in [1.29, 1.82) is 0 Å². The zero-order valence-electron chi connectivity index (χ0n) is 17.2. The first-order valence-corrected chi connectivity index (χ1v) is 9.97. The highest BCUT2D eigenvalue weighted by Crippen LogP contribution is 2.44. The van der Waals surface area contributed by atoms with Crippen LogP contribution in [0.3, 0.4) is 0 Å². The molecule has 1 saturated heterocycles. The van der Waals surface area contributed by atoms with Crippen molar-refractivity contribution in [2.75, 3.05) is 12.0 Å². The predicted octanol–water partition coefficient (Wildman–Crippen LogP) is 5.18. The van der Waals surface area contributed by atoms with Gasteiger partial charge in [0.25, 0.3) is 11.7 Å². The number of methoxy groups -OCH3 is 1. The van der Waals surface area contributed by atoms with Crippen molar-refractivity contribution in [2.45, 2.75) is 19.9 Å². The lowest BCUT2D eigenvalue weighted by Crippen LogP contribution is -2.29. The topological polar surface area (TPSA) is 80.0 Å². The predicted molar refractivity (Wildman–Crippen MR) is 117 cm³/mol. The molecule has 4 rings (SSSR count). The Kier molecular flexibility index (Phi) is 5.33. The summed E-state index contributed by atoms with van der Waals surface area (Å²) < 4.78 is 11.1. The Hall–Kier alpha value is -3.51. The summed E-state index contributed by atoms with van der Waals surface area (Å²) >= 11 is 6.12. The molecule has 1 atom stereocenters. The van der Waals surface area contributed by atoms with Gasteiger partial charge in [0.2, 0.25) is 0 Å². The number of halogens is 1. The maximum Gasteiger partial charge on any atom is 0.300 e. The monoisotopic (exact) mass is 437 g/mol. The maximum absolute atomic E-state index is 13.1. The second kappa shape index (κ2) is 7.96. The molecule has 0 bridgehead atoms. The first-order chi connectivity index (χ1) is 14.8. The Morgan fingerprint density at radius 1 is 1.06 bits per heavy atom. The zero-order valence-corrected chi connectivity index (χ0v) is 17.9. The SMILES string of the molecule is COc1ccc(Cl)cc1/C(O)=C1\C(=O)C(=O)N(c2ccc(C)cc2)C1c1ccc(C)o1. The van der Waals surface area contributed by atoms with Gasteiger partial charge in [-0.3, -0.25) is 14.5 Å². The number of anilines is 1. The second-order valence-electron chi connectivity index (χ2n) is 7.30. The van der Waals surface area contributed by atoms with Gasteiger partial charge in [-0.2, -0.15) is 0 Å². The van der Waals surface area contributed by atoms with Gasteiger partial charge in [0, 0.05) is 10.7 Å². The van der Waals surface area contributed by atoms with Crippen molar-refractivity contribution in [3.05, 3.63) is 87.8 Å². The summed E-state index contributed by atoms with van der Waals surface area (Å²) in [4.78, 5) is 27.5. The van der Waals surface area contributed by atoms with Crippen molar-refractivity contribution >= 4 is 34.7 Å². The molecule has 158 valence electrons. The lowest BCUT2D eigenvalue weighted by molar-refractivity contribution is -0.132. The minimum atomic E-state index is -0.944. The zero-order chi connectivity index (χ0) is 22.3. The summed E-state index contributed by atoms with van der Waals surface area (Å²) in [6, 6.07) is 14.4. The van der Waals surface area contributed by atoms with Gasteiger partial charge >= 0.3 is 0 Å². The number of aliphatic hydroxyl groups excluding tert-OH is 1. The fourth-order valence-electron chi connectivity index (χ4n) is 3.68. The van der Waals surface area contributed by atoms with Crippen LogP contribution in [0.2, 0.25) is 5.02 Å². The fraction of sp³-hybridized carbons (Fsp3) is 0.167. The number of aliphatic hydroxyl groups is 1. The van der Waals surface area contributed by atoms with Crippen LogP contribution in [0.1, 0.15) is 28.7 Å². The van der Waals surface area contributed by atoms with E-state index >= 15 is 0 Å². The Morgan fingerprint density at radius 3 is 2.39 bits per heavy atom. The van der Waals surface area contributed by atoms with E-state index < -0.39 is 17.7 Å². The molecular formula is C24H20ClNO5. The van der Waals surface area contributed by atoms with Crippen molar-refractivity contribution in [2.24, 2.45) is 0 Å². The smallest absolute Gasteiger partial charge is 0.300 e. The molecule has 1 N–H and O–H groups in total. The molecule has 3 aromatic rings. The third kappa shape index (κ3) is 3.59. The van der Waals surface area contributed by atoms with Crippen LogP contribution in [0, 0.1) is 13.8 Å². The summed E-state index contributed by atoms with van der Waals surface area (Å²) in [7, 11) is 1.44. The van der Waals surface area contributed by atoms with E-state index in [9.17, 15) is 14.7 Å². The van der Waals surface area contributed by atoms with Crippen LogP contribution in [0.5, 0.6) is 5.75 Å². The summed E-state index contributed by atoms with van der Waals surface area (Å²) in [6.45, 7) is 3.69. The summed E-state index contributed by atoms with van der Waals surface area (Å²) in [5, 5.41) is 11.5. The standard InChI is InChI=1S/C24H20ClNO5/c1-13-4-8-16(9-5-13)26-21(19-10-6-14(2)31-19)20(23(28)24(26)29)22(27)17-12-15(25)7-11-18(17)30-3/h4-12,21,27H,1-3H3/b22-20+. The van der Waals surface area contributed by atoms with Crippen LogP contribution in [0.4, 0.5) is 5.69 Å². The summed E-state index contributed by atoms with van der Waals surface area (Å²) in [5.41, 5.74) is 1.64. The van der Waals surface area contributed by atoms with Crippen LogP contribution in [-0.2, 0) is 9.59 Å². The molecule has 1 unspecified atom stereocenters. The van der Waals surface area contributed by atoms with Gasteiger partial charge in [-0.25, -0.2) is 0 Å². The van der Waals surface area contributed by atoms with Gasteiger partial charge in [-0.15, -0.1) is 0 Å². The third-order valence-corrected chi connectivity index (χ3v) is 5.44. The highest BCUT2D eigenvalue weighted by molar-refractivity contribution is 6.51. The largest absolute Gasteiger partial charge is 0.507 e. The molecule has 1 aliphatic rings. The van der Waals surface area contributed by atoms with Gasteiger partial charge < -0.3 is 14.3 Å². The fourth-order valence-corrected chi connectivity index (χ4v) is 3.86. The van der Waals surface area contributed by atoms with Crippen molar-refractivity contribution in [3.63, 3.8) is 0 Å². The number of Topliss-reactive ketones (excluding diaryl/α,β-unsaturated/α-hetero) is 1. The molecule has 0 spiro atoms. The molecule has 0 aliphatic carbocycles. The normalized spacial score (nSPS) is 17.9. The van der Waals surface area contributed by atoms with Gasteiger partial charge in [-0.1, -0.05) is 29.3 Å². The van der Waals surface area contributed by atoms with Gasteiger partial charge in [0.05, 0.1) is 18.2 Å². The highest BCUT2D eigenvalue weighted by Gasteiger charge is 2.48. The number of nitrogens with zero attached hydrogens (tertiary/aromatic N) is 1. The minimum Gasteiger partial charge on any atom is -0.507 e. The molecule has 1 aromatic heterocycles. The molecule has 6 nitrogen and oxygen atoms in total. The summed E-state index contributed by atoms with van der Waals surface area (Å²) in [5.74, 6) is -0.668. The number of amides is 1. The molecule has 31 heavy (non-hydrogen) atoms. The number of hydrogen-bond donors (Lipinski definition) is 1. The Morgan fingerprint density at radius 2 is 1.77 bits per heavy atom. The van der Waals surface area contributed by atoms with Crippen LogP contribution >= 0.6 is 11.6 Å². The van der Waals surface area contributed by atoms with Gasteiger partial charge in [0.1, 0.15) is 29.1 Å². The van der Waals surface area contributed by atoms with E-state index in [-0.39, 0.29) is 16.9 Å². The summed E-state index contributed by atoms with van der Waals surface area (Å²) in [6.07, 6.45) is 0. The van der Waals surface area contributed by atoms with E-state index in [0.29, 0.717) is 28.0 Å². The van der Waals surface area contributed by atoms with Crippen LogP contribution in [0.15, 0.2) is 64.6 Å². The van der Waals surface area contributed by atoms with Crippen LogP contribution in [0.25, 0.3) is 5.76 Å². The molecule has 2 aromatic carbocycles. The second-order valence-corrected chi connectivity index (χ2v) is 7.73. The number of carbonyl (C=O) groups is 2. The molecule has 0 radical (unpaired) electrons. The van der Waals surface area contributed by atoms with Crippen LogP contribution < -0.4 is 9.64 Å². The molecule has 7 heteroatoms. The molecular weight excluding hydrogens is 418 g/mol. The number of ketones is 1. The number of aryl methyl sites for hydroxylation is 2. The Bertz CT molecular complexity index is 1210. The molecule has 2 heterocycles. The highest BCUT2D eigenvalue weighted by atomic mass is 35.5. The molecule has 0 saturated carbocycles. The Balaban J connectivity index is 1.97. The van der Waals surface area contributed by atoms with E-state index in [1.165, 1.54) is 18.1 Å². The molecule has 1 amide bonds. The van der Waals surface area contributed by atoms with E-state index in [0.717, 1.165) is 5.56 Å². The number of hydrogen-bond acceptors (Lipinski definition) is 5. The van der Waals surface area contributed by atoms with Crippen molar-refractivity contribution < 1.29 is 23.8 Å². The quantitative estimate of drug-likeness (QED) is 0.345. The maximum atomic E-state index is 13.1. The molecule has 1 aliphatic heterocycles. The third-order valence-electron chi connectivity index (χ3n) is 5.20. The Labute approximate surface area is 184 Å². The number of furan rings is 1. The van der Waals surface area contributed by atoms with Crippen molar-refractivity contribution in [1.82, 2.24) is 0 Å². The van der Waals surface area contributed by atoms with Crippen LogP contribution in [-0.4, -0.2) is 23.9 Å². The number of rotatable bonds is 4. The lowest BCUT2D eigenvalue weighted by Gasteiger charge is -2.23. The average Bonchev–Trinajstić information content (AvgIpc) is 3.29. The van der Waals surface area contributed by atoms with Gasteiger partial charge in [0.15, 0.2) is 0 Å². The first-order valence-electron chi connectivity index (χ1n) is 9.59. The van der Waals surface area contributed by atoms with E-state index in [2.05, 4.69) is 0 Å². The number of benzene rings is 2. The number of carbonyl (C=O) groups excluding carboxylic acids is 2. The average molecular weight is 438 g/mol. The lowest BCUT2D eigenvalue weighted by atomic mass is 9.98. The first kappa shape index (κ1) is 20.8. The number of ether oxygens (including phenoxy) is 1. The van der Waals surface area contributed by atoms with E-state index in [4.69, 9.17) is 20.8 Å².